The Morgan fingerprint density at radius 3 is 2.56 bits per heavy atom. The van der Waals surface area contributed by atoms with E-state index in [-0.39, 0.29) is 5.54 Å². The molecule has 1 aliphatic rings. The van der Waals surface area contributed by atoms with Crippen LogP contribution >= 0.6 is 0 Å². The third-order valence-corrected chi connectivity index (χ3v) is 4.84. The van der Waals surface area contributed by atoms with Crippen molar-refractivity contribution in [2.45, 2.75) is 78.3 Å². The molecule has 1 fully saturated rings. The van der Waals surface area contributed by atoms with Crippen molar-refractivity contribution in [3.05, 3.63) is 0 Å². The fourth-order valence-electron chi connectivity index (χ4n) is 2.71. The molecule has 18 heavy (non-hydrogen) atoms. The van der Waals surface area contributed by atoms with E-state index in [1.54, 1.807) is 0 Å². The van der Waals surface area contributed by atoms with Crippen LogP contribution in [0.1, 0.15) is 66.7 Å². The second kappa shape index (κ2) is 7.49. The van der Waals surface area contributed by atoms with Crippen LogP contribution in [-0.4, -0.2) is 36.1 Å². The average molecular weight is 254 g/mol. The lowest BCUT2D eigenvalue weighted by Crippen LogP contribution is -2.47. The summed E-state index contributed by atoms with van der Waals surface area (Å²) in [6, 6.07) is 0.673. The van der Waals surface area contributed by atoms with Gasteiger partial charge in [0, 0.05) is 18.1 Å². The van der Waals surface area contributed by atoms with Crippen molar-refractivity contribution in [2.75, 3.05) is 19.6 Å². The molecule has 0 aromatic rings. The van der Waals surface area contributed by atoms with Crippen LogP contribution in [0.5, 0.6) is 0 Å². The van der Waals surface area contributed by atoms with E-state index in [1.165, 1.54) is 45.2 Å². The highest BCUT2D eigenvalue weighted by atomic mass is 15.2. The lowest BCUT2D eigenvalue weighted by atomic mass is 9.98. The standard InChI is InChI=1S/C16H34N2/c1-6-15-9-8-11-18(12-10-15)14(3)13-17-16(4,5)7-2/h14-15,17H,6-13H2,1-5H3. The molecule has 108 valence electrons. The number of nitrogens with one attached hydrogen (secondary N) is 1. The maximum Gasteiger partial charge on any atom is 0.0192 e. The Kier molecular flexibility index (Phi) is 6.65. The average Bonchev–Trinajstić information content (AvgIpc) is 2.61. The minimum Gasteiger partial charge on any atom is -0.310 e. The highest BCUT2D eigenvalue weighted by molar-refractivity contribution is 4.80. The van der Waals surface area contributed by atoms with Gasteiger partial charge in [-0.2, -0.15) is 0 Å². The van der Waals surface area contributed by atoms with Gasteiger partial charge in [-0.15, -0.1) is 0 Å². The van der Waals surface area contributed by atoms with Gasteiger partial charge in [0.2, 0.25) is 0 Å². The van der Waals surface area contributed by atoms with E-state index in [0.717, 1.165) is 12.5 Å². The zero-order valence-corrected chi connectivity index (χ0v) is 13.3. The molecule has 0 spiro atoms. The molecule has 0 bridgehead atoms. The van der Waals surface area contributed by atoms with Crippen LogP contribution in [-0.2, 0) is 0 Å². The Labute approximate surface area is 115 Å². The third-order valence-electron chi connectivity index (χ3n) is 4.84. The van der Waals surface area contributed by atoms with E-state index in [2.05, 4.69) is 44.8 Å². The van der Waals surface area contributed by atoms with Crippen LogP contribution in [0.3, 0.4) is 0 Å². The van der Waals surface area contributed by atoms with E-state index >= 15 is 0 Å². The molecule has 2 atom stereocenters. The van der Waals surface area contributed by atoms with Gasteiger partial charge in [-0.05, 0) is 65.5 Å². The largest absolute Gasteiger partial charge is 0.310 e. The monoisotopic (exact) mass is 254 g/mol. The van der Waals surface area contributed by atoms with Crippen molar-refractivity contribution in [3.63, 3.8) is 0 Å². The first-order valence-corrected chi connectivity index (χ1v) is 7.97. The molecule has 1 heterocycles. The van der Waals surface area contributed by atoms with Crippen molar-refractivity contribution in [2.24, 2.45) is 5.92 Å². The van der Waals surface area contributed by atoms with Crippen molar-refractivity contribution >= 4 is 0 Å². The SMILES string of the molecule is CCC1CCCN(C(C)CNC(C)(C)CC)CC1. The topological polar surface area (TPSA) is 15.3 Å². The smallest absolute Gasteiger partial charge is 0.0192 e. The molecule has 1 aliphatic heterocycles. The second-order valence-electron chi connectivity index (χ2n) is 6.71. The Morgan fingerprint density at radius 2 is 1.94 bits per heavy atom. The van der Waals surface area contributed by atoms with Crippen LogP contribution in [0.2, 0.25) is 0 Å². The summed E-state index contributed by atoms with van der Waals surface area (Å²) in [6.45, 7) is 15.3. The molecule has 1 rings (SSSR count). The number of hydrogen-bond donors (Lipinski definition) is 1. The normalized spacial score (nSPS) is 24.8. The Balaban J connectivity index is 2.35. The Bertz CT molecular complexity index is 225. The quantitative estimate of drug-likeness (QED) is 0.778. The van der Waals surface area contributed by atoms with E-state index in [0.29, 0.717) is 6.04 Å². The summed E-state index contributed by atoms with van der Waals surface area (Å²) >= 11 is 0. The number of likely N-dealkylation sites (tertiary alicyclic amines) is 1. The van der Waals surface area contributed by atoms with E-state index in [1.807, 2.05) is 0 Å². The van der Waals surface area contributed by atoms with Gasteiger partial charge in [-0.25, -0.2) is 0 Å². The Hall–Kier alpha value is -0.0800. The van der Waals surface area contributed by atoms with E-state index < -0.39 is 0 Å². The fourth-order valence-corrected chi connectivity index (χ4v) is 2.71. The fraction of sp³-hybridized carbons (Fsp3) is 1.00. The van der Waals surface area contributed by atoms with Gasteiger partial charge in [0.05, 0.1) is 0 Å². The molecule has 1 saturated heterocycles. The van der Waals surface area contributed by atoms with Crippen molar-refractivity contribution in [3.8, 4) is 0 Å². The highest BCUT2D eigenvalue weighted by Gasteiger charge is 2.21. The van der Waals surface area contributed by atoms with Gasteiger partial charge in [0.25, 0.3) is 0 Å². The summed E-state index contributed by atoms with van der Waals surface area (Å²) in [5, 5.41) is 3.71. The molecular formula is C16H34N2. The molecule has 2 heteroatoms. The van der Waals surface area contributed by atoms with Crippen molar-refractivity contribution < 1.29 is 0 Å². The van der Waals surface area contributed by atoms with Crippen LogP contribution in [0.25, 0.3) is 0 Å². The first kappa shape index (κ1) is 16.0. The zero-order chi connectivity index (χ0) is 13.6. The van der Waals surface area contributed by atoms with Crippen molar-refractivity contribution in [1.29, 1.82) is 0 Å². The molecular weight excluding hydrogens is 220 g/mol. The minimum absolute atomic E-state index is 0.284. The predicted molar refractivity (Wildman–Crippen MR) is 81.0 cm³/mol. The molecule has 0 amide bonds. The summed E-state index contributed by atoms with van der Waals surface area (Å²) in [6.07, 6.45) is 6.78. The molecule has 0 aromatic heterocycles. The van der Waals surface area contributed by atoms with E-state index in [4.69, 9.17) is 0 Å². The molecule has 2 nitrogen and oxygen atoms in total. The van der Waals surface area contributed by atoms with Crippen LogP contribution < -0.4 is 5.32 Å². The predicted octanol–water partition coefficient (Wildman–Crippen LogP) is 3.67. The van der Waals surface area contributed by atoms with Gasteiger partial charge < -0.3 is 5.32 Å². The number of nitrogens with zero attached hydrogens (tertiary/aromatic N) is 1. The Morgan fingerprint density at radius 1 is 1.22 bits per heavy atom. The maximum atomic E-state index is 3.71. The summed E-state index contributed by atoms with van der Waals surface area (Å²) in [7, 11) is 0. The third kappa shape index (κ3) is 5.27. The lowest BCUT2D eigenvalue weighted by Gasteiger charge is -2.32. The summed E-state index contributed by atoms with van der Waals surface area (Å²) in [5.74, 6) is 0.974. The van der Waals surface area contributed by atoms with Gasteiger partial charge in [-0.1, -0.05) is 20.3 Å². The van der Waals surface area contributed by atoms with Gasteiger partial charge in [0.15, 0.2) is 0 Å². The zero-order valence-electron chi connectivity index (χ0n) is 13.3. The van der Waals surface area contributed by atoms with Gasteiger partial charge >= 0.3 is 0 Å². The van der Waals surface area contributed by atoms with E-state index in [9.17, 15) is 0 Å². The van der Waals surface area contributed by atoms with Crippen LogP contribution in [0.15, 0.2) is 0 Å². The number of rotatable bonds is 6. The molecule has 2 unspecified atom stereocenters. The van der Waals surface area contributed by atoms with Crippen LogP contribution in [0.4, 0.5) is 0 Å². The van der Waals surface area contributed by atoms with Crippen LogP contribution in [0, 0.1) is 5.92 Å². The highest BCUT2D eigenvalue weighted by Crippen LogP contribution is 2.21. The molecule has 1 N–H and O–H groups in total. The molecule has 0 radical (unpaired) electrons. The first-order chi connectivity index (χ1) is 8.48. The maximum absolute atomic E-state index is 3.71. The second-order valence-corrected chi connectivity index (χ2v) is 6.71. The van der Waals surface area contributed by atoms with Gasteiger partial charge in [0.1, 0.15) is 0 Å². The molecule has 0 aliphatic carbocycles. The van der Waals surface area contributed by atoms with Gasteiger partial charge in [-0.3, -0.25) is 4.90 Å². The summed E-state index contributed by atoms with van der Waals surface area (Å²) < 4.78 is 0. The molecule has 0 saturated carbocycles. The minimum atomic E-state index is 0.284. The lowest BCUT2D eigenvalue weighted by molar-refractivity contribution is 0.195. The van der Waals surface area contributed by atoms with Crippen molar-refractivity contribution in [1.82, 2.24) is 10.2 Å². The first-order valence-electron chi connectivity index (χ1n) is 7.97. The summed E-state index contributed by atoms with van der Waals surface area (Å²) in [5.41, 5.74) is 0.284. The number of hydrogen-bond acceptors (Lipinski definition) is 2. The molecule has 0 aromatic carbocycles. The summed E-state index contributed by atoms with van der Waals surface area (Å²) in [4.78, 5) is 2.69.